The van der Waals surface area contributed by atoms with E-state index < -0.39 is 0 Å². The molecule has 0 radical (unpaired) electrons. The van der Waals surface area contributed by atoms with Crippen molar-refractivity contribution in [1.29, 1.82) is 0 Å². The van der Waals surface area contributed by atoms with E-state index in [2.05, 4.69) is 45.2 Å². The van der Waals surface area contributed by atoms with Crippen LogP contribution in [0.1, 0.15) is 10.4 Å². The van der Waals surface area contributed by atoms with Crippen molar-refractivity contribution >= 4 is 32.5 Å². The van der Waals surface area contributed by atoms with E-state index in [1.165, 1.54) is 10.8 Å². The third-order valence-corrected chi connectivity index (χ3v) is 4.86. The Morgan fingerprint density at radius 1 is 0.926 bits per heavy atom. The molecule has 0 aliphatic carbocycles. The summed E-state index contributed by atoms with van der Waals surface area (Å²) in [5.74, 6) is 0.0576. The van der Waals surface area contributed by atoms with Gasteiger partial charge in [-0.05, 0) is 34.0 Å². The van der Waals surface area contributed by atoms with Gasteiger partial charge in [0.1, 0.15) is 0 Å². The third kappa shape index (κ3) is 4.31. The van der Waals surface area contributed by atoms with Crippen LogP contribution >= 0.6 is 15.9 Å². The van der Waals surface area contributed by atoms with E-state index in [1.54, 1.807) is 10.9 Å². The third-order valence-electron chi connectivity index (χ3n) is 4.33. The zero-order chi connectivity index (χ0) is 17.9. The summed E-state index contributed by atoms with van der Waals surface area (Å²) in [6, 6.07) is 23.8. The van der Waals surface area contributed by atoms with Gasteiger partial charge in [-0.25, -0.2) is 4.57 Å². The van der Waals surface area contributed by atoms with Crippen LogP contribution in [0, 0.1) is 0 Å². The first-order valence-electron chi connectivity index (χ1n) is 8.33. The number of hydrogen-bond acceptors (Lipinski definition) is 2. The number of hydrogen-bond donors (Lipinski definition) is 0. The number of ketones is 1. The summed E-state index contributed by atoms with van der Waals surface area (Å²) in [6.45, 7) is 0.268. The molecule has 0 saturated heterocycles. The molecule has 0 spiro atoms. The average molecular weight is 484 g/mol. The van der Waals surface area contributed by atoms with Crippen LogP contribution in [0.3, 0.4) is 0 Å². The number of fused-ring (bicyclic) bond motifs is 1. The Hall–Kier alpha value is -2.37. The maximum absolute atomic E-state index is 12.4. The van der Waals surface area contributed by atoms with E-state index in [1.807, 2.05) is 54.7 Å². The van der Waals surface area contributed by atoms with Crippen molar-refractivity contribution in [3.8, 4) is 11.3 Å². The topological polar surface area (TPSA) is 33.8 Å². The Kier molecular flexibility index (Phi) is 6.14. The summed E-state index contributed by atoms with van der Waals surface area (Å²) in [5, 5.41) is 2.36. The van der Waals surface area contributed by atoms with Gasteiger partial charge in [-0.3, -0.25) is 4.79 Å². The number of halogens is 2. The molecule has 134 valence electrons. The summed E-state index contributed by atoms with van der Waals surface area (Å²) in [7, 11) is 0. The molecule has 4 aromatic rings. The molecule has 0 N–H and O–H groups in total. The van der Waals surface area contributed by atoms with E-state index >= 15 is 0 Å². The molecule has 3 aromatic carbocycles. The second-order valence-electron chi connectivity index (χ2n) is 6.07. The molecule has 0 amide bonds. The largest absolute Gasteiger partial charge is 1.00 e. The molecular weight excluding hydrogens is 468 g/mol. The van der Waals surface area contributed by atoms with Gasteiger partial charge in [0.15, 0.2) is 12.2 Å². The van der Waals surface area contributed by atoms with E-state index in [4.69, 9.17) is 0 Å². The lowest BCUT2D eigenvalue weighted by molar-refractivity contribution is -0.686. The van der Waals surface area contributed by atoms with Crippen LogP contribution in [0.15, 0.2) is 89.8 Å². The van der Waals surface area contributed by atoms with Crippen LogP contribution in [-0.4, -0.2) is 10.8 Å². The maximum atomic E-state index is 12.4. The number of carbonyl (C=O) groups excluding carboxylic acids is 1. The second kappa shape index (κ2) is 8.55. The number of nitrogens with zero attached hydrogens (tertiary/aromatic N) is 2. The first kappa shape index (κ1) is 19.4. The Morgan fingerprint density at radius 3 is 2.41 bits per heavy atom. The highest BCUT2D eigenvalue weighted by Gasteiger charge is 2.13. The van der Waals surface area contributed by atoms with Crippen molar-refractivity contribution < 1.29 is 26.3 Å². The average Bonchev–Trinajstić information content (AvgIpc) is 2.69. The molecule has 0 unspecified atom stereocenters. The van der Waals surface area contributed by atoms with Crippen LogP contribution in [0.5, 0.6) is 0 Å². The highest BCUT2D eigenvalue weighted by atomic mass is 79.9. The summed E-state index contributed by atoms with van der Waals surface area (Å²) in [5.41, 5.74) is 2.68. The predicted octanol–water partition coefficient (Wildman–Crippen LogP) is 1.84. The highest BCUT2D eigenvalue weighted by molar-refractivity contribution is 9.10. The molecule has 0 fully saturated rings. The van der Waals surface area contributed by atoms with E-state index in [9.17, 15) is 4.79 Å². The quantitative estimate of drug-likeness (QED) is 0.328. The lowest BCUT2D eigenvalue weighted by Crippen LogP contribution is -3.00. The summed E-state index contributed by atoms with van der Waals surface area (Å²) in [4.78, 5) is 17.0. The van der Waals surface area contributed by atoms with Crippen molar-refractivity contribution in [2.75, 3.05) is 0 Å². The van der Waals surface area contributed by atoms with Crippen molar-refractivity contribution in [2.24, 2.45) is 0 Å². The predicted molar refractivity (Wildman–Crippen MR) is 106 cm³/mol. The fourth-order valence-corrected chi connectivity index (χ4v) is 3.24. The van der Waals surface area contributed by atoms with Crippen LogP contribution in [-0.2, 0) is 6.54 Å². The fourth-order valence-electron chi connectivity index (χ4n) is 2.98. The van der Waals surface area contributed by atoms with Gasteiger partial charge < -0.3 is 17.0 Å². The molecule has 1 heterocycles. The summed E-state index contributed by atoms with van der Waals surface area (Å²) < 4.78 is 2.77. The monoisotopic (exact) mass is 482 g/mol. The first-order valence-corrected chi connectivity index (χ1v) is 9.12. The maximum Gasteiger partial charge on any atom is 0.287 e. The SMILES string of the molecule is O=C(C[n+]1ccc(-c2cccc3ccccc23)nc1)c1ccc(Br)cc1.[Br-]. The molecule has 0 atom stereocenters. The van der Waals surface area contributed by atoms with Crippen LogP contribution in [0.25, 0.3) is 22.0 Å². The minimum Gasteiger partial charge on any atom is -1.00 e. The molecule has 4 rings (SSSR count). The number of benzene rings is 3. The van der Waals surface area contributed by atoms with Crippen molar-refractivity contribution in [1.82, 2.24) is 4.98 Å². The Bertz CT molecular complexity index is 1070. The van der Waals surface area contributed by atoms with Gasteiger partial charge in [-0.15, -0.1) is 0 Å². The van der Waals surface area contributed by atoms with Crippen LogP contribution in [0.2, 0.25) is 0 Å². The number of Topliss-reactive ketones (excluding diaryl/α,β-unsaturated/α-hetero) is 1. The molecule has 0 saturated carbocycles. The minimum atomic E-state index is 0. The standard InChI is InChI=1S/C22H16BrN2O.BrH/c23-18-10-8-17(9-11-18)22(26)14-25-13-12-21(24-15-25)20-7-3-5-16-4-1-2-6-19(16)20;/h1-13,15H,14H2;1H/q+1;/p-1. The van der Waals surface area contributed by atoms with Crippen molar-refractivity contribution in [2.45, 2.75) is 6.54 Å². The van der Waals surface area contributed by atoms with Gasteiger partial charge in [-0.1, -0.05) is 64.5 Å². The number of aromatic nitrogens is 2. The summed E-state index contributed by atoms with van der Waals surface area (Å²) in [6.07, 6.45) is 3.62. The highest BCUT2D eigenvalue weighted by Crippen LogP contribution is 2.26. The smallest absolute Gasteiger partial charge is 0.287 e. The van der Waals surface area contributed by atoms with Gasteiger partial charge in [0.05, 0.1) is 6.20 Å². The van der Waals surface area contributed by atoms with Crippen molar-refractivity contribution in [3.05, 3.63) is 95.4 Å². The van der Waals surface area contributed by atoms with E-state index in [0.29, 0.717) is 5.56 Å². The van der Waals surface area contributed by atoms with Crippen LogP contribution in [0.4, 0.5) is 0 Å². The van der Waals surface area contributed by atoms with Crippen molar-refractivity contribution in [3.63, 3.8) is 0 Å². The Balaban J connectivity index is 0.00000210. The lowest BCUT2D eigenvalue weighted by atomic mass is 10.0. The first-order chi connectivity index (χ1) is 12.7. The van der Waals surface area contributed by atoms with Gasteiger partial charge in [0.2, 0.25) is 5.78 Å². The normalized spacial score (nSPS) is 10.4. The van der Waals surface area contributed by atoms with Gasteiger partial charge in [0.25, 0.3) is 6.33 Å². The van der Waals surface area contributed by atoms with Gasteiger partial charge in [0, 0.05) is 21.7 Å². The summed E-state index contributed by atoms with van der Waals surface area (Å²) >= 11 is 3.38. The number of rotatable bonds is 4. The molecule has 0 aliphatic rings. The van der Waals surface area contributed by atoms with Gasteiger partial charge in [-0.2, -0.15) is 0 Å². The van der Waals surface area contributed by atoms with Gasteiger partial charge >= 0.3 is 0 Å². The molecule has 0 bridgehead atoms. The molecule has 1 aromatic heterocycles. The molecule has 27 heavy (non-hydrogen) atoms. The Morgan fingerprint density at radius 2 is 1.67 bits per heavy atom. The second-order valence-corrected chi connectivity index (χ2v) is 6.99. The fraction of sp³-hybridized carbons (Fsp3) is 0.0455. The zero-order valence-electron chi connectivity index (χ0n) is 14.3. The zero-order valence-corrected chi connectivity index (χ0v) is 17.5. The van der Waals surface area contributed by atoms with Crippen LogP contribution < -0.4 is 21.5 Å². The molecule has 3 nitrogen and oxygen atoms in total. The van der Waals surface area contributed by atoms with E-state index in [0.717, 1.165) is 15.7 Å². The number of carbonyl (C=O) groups is 1. The molecule has 0 aliphatic heterocycles. The molecular formula is C22H16Br2N2O. The minimum absolute atomic E-state index is 0. The molecule has 5 heteroatoms. The Labute approximate surface area is 176 Å². The van der Waals surface area contributed by atoms with E-state index in [-0.39, 0.29) is 29.3 Å². The lowest BCUT2D eigenvalue weighted by Gasteiger charge is -2.04.